The summed E-state index contributed by atoms with van der Waals surface area (Å²) < 4.78 is 191. The summed E-state index contributed by atoms with van der Waals surface area (Å²) in [6.07, 6.45) is -13.4. The van der Waals surface area contributed by atoms with Crippen LogP contribution in [0.1, 0.15) is 11.1 Å². The Morgan fingerprint density at radius 3 is 1.47 bits per heavy atom. The highest BCUT2D eigenvalue weighted by Gasteiger charge is 2.73. The van der Waals surface area contributed by atoms with Gasteiger partial charge in [-0.1, -0.05) is 11.8 Å². The van der Waals surface area contributed by atoms with Crippen LogP contribution in [0.25, 0.3) is 10.8 Å². The van der Waals surface area contributed by atoms with E-state index in [1.54, 1.807) is 0 Å². The van der Waals surface area contributed by atoms with Crippen molar-refractivity contribution in [2.45, 2.75) is 36.0 Å². The van der Waals surface area contributed by atoms with E-state index in [-0.39, 0.29) is 5.75 Å². The summed E-state index contributed by atoms with van der Waals surface area (Å²) >= 11 is 0. The molecule has 0 heterocycles. The monoisotopic (exact) mass is 572 g/mol. The van der Waals surface area contributed by atoms with E-state index in [9.17, 15) is 61.5 Å². The maximum Gasteiger partial charge on any atom is 0.461 e. The van der Waals surface area contributed by atoms with Gasteiger partial charge in [0.25, 0.3) is 0 Å². The van der Waals surface area contributed by atoms with E-state index in [0.717, 1.165) is 32.4 Å². The molecule has 16 heteroatoms. The van der Waals surface area contributed by atoms with Gasteiger partial charge in [0.1, 0.15) is 11.5 Å². The smallest absolute Gasteiger partial charge is 0.461 e. The molecule has 0 N–H and O–H groups in total. The average molecular weight is 572 g/mol. The van der Waals surface area contributed by atoms with Crippen LogP contribution in [0.3, 0.4) is 0 Å². The van der Waals surface area contributed by atoms with Crippen LogP contribution in [-0.2, 0) is 0 Å². The first-order chi connectivity index (χ1) is 17.0. The molecule has 0 saturated heterocycles. The van der Waals surface area contributed by atoms with Crippen molar-refractivity contribution in [2.75, 3.05) is 14.2 Å². The largest absolute Gasteiger partial charge is 0.497 e. The molecule has 0 bridgehead atoms. The minimum absolute atomic E-state index is 0.133. The van der Waals surface area contributed by atoms with Crippen LogP contribution < -0.4 is 9.47 Å². The molecule has 2 nitrogen and oxygen atoms in total. The highest BCUT2D eigenvalue weighted by atomic mass is 19.4. The van der Waals surface area contributed by atoms with Crippen LogP contribution in [0.15, 0.2) is 24.3 Å². The molecule has 0 amide bonds. The Labute approximate surface area is 203 Å². The minimum Gasteiger partial charge on any atom is -0.497 e. The Morgan fingerprint density at radius 1 is 0.579 bits per heavy atom. The van der Waals surface area contributed by atoms with E-state index in [0.29, 0.717) is 17.9 Å². The number of ether oxygens (including phenoxy) is 2. The van der Waals surface area contributed by atoms with E-state index in [4.69, 9.17) is 9.47 Å². The summed E-state index contributed by atoms with van der Waals surface area (Å²) in [6.45, 7) is 0. The molecule has 0 aliphatic rings. The van der Waals surface area contributed by atoms with Gasteiger partial charge in [-0.15, -0.1) is 0 Å². The zero-order valence-corrected chi connectivity index (χ0v) is 18.4. The SMILES string of the molecule is COc1ccc2c(C#CC(F)(F)C(F)(F)C(F)(F)F)c(OC)cc(C#CC(F)(F)C(F)(F)C(F)(F)F)c2c1. The van der Waals surface area contributed by atoms with Crippen molar-refractivity contribution in [3.05, 3.63) is 35.4 Å². The maximum absolute atomic E-state index is 13.7. The molecular weight excluding hydrogens is 562 g/mol. The van der Waals surface area contributed by atoms with Crippen LogP contribution in [-0.4, -0.2) is 50.3 Å². The molecule has 208 valence electrons. The average Bonchev–Trinajstić information content (AvgIpc) is 2.79. The van der Waals surface area contributed by atoms with Crippen molar-refractivity contribution < 1.29 is 70.9 Å². The fourth-order valence-electron chi connectivity index (χ4n) is 2.70. The lowest BCUT2D eigenvalue weighted by Crippen LogP contribution is -2.51. The van der Waals surface area contributed by atoms with Crippen molar-refractivity contribution in [3.63, 3.8) is 0 Å². The van der Waals surface area contributed by atoms with Crippen LogP contribution in [0.4, 0.5) is 61.5 Å². The van der Waals surface area contributed by atoms with Gasteiger partial charge in [0.2, 0.25) is 0 Å². The van der Waals surface area contributed by atoms with Crippen molar-refractivity contribution in [3.8, 4) is 35.2 Å². The molecule has 0 fully saturated rings. The van der Waals surface area contributed by atoms with Crippen molar-refractivity contribution in [2.24, 2.45) is 0 Å². The minimum atomic E-state index is -6.70. The van der Waals surface area contributed by atoms with Gasteiger partial charge in [-0.3, -0.25) is 0 Å². The van der Waals surface area contributed by atoms with Gasteiger partial charge in [-0.2, -0.15) is 61.5 Å². The third kappa shape index (κ3) is 5.35. The molecule has 2 aromatic carbocycles. The summed E-state index contributed by atoms with van der Waals surface area (Å²) in [4.78, 5) is 0. The summed E-state index contributed by atoms with van der Waals surface area (Å²) in [6, 6.07) is 3.39. The quantitative estimate of drug-likeness (QED) is 0.285. The van der Waals surface area contributed by atoms with E-state index in [1.807, 2.05) is 0 Å². The first-order valence-corrected chi connectivity index (χ1v) is 9.44. The van der Waals surface area contributed by atoms with E-state index < -0.39 is 63.7 Å². The van der Waals surface area contributed by atoms with E-state index in [2.05, 4.69) is 0 Å². The van der Waals surface area contributed by atoms with Crippen LogP contribution in [0, 0.1) is 23.7 Å². The lowest BCUT2D eigenvalue weighted by Gasteiger charge is -2.24. The fourth-order valence-corrected chi connectivity index (χ4v) is 2.70. The third-order valence-corrected chi connectivity index (χ3v) is 4.73. The second-order valence-electron chi connectivity index (χ2n) is 7.21. The maximum atomic E-state index is 13.7. The molecule has 0 aliphatic carbocycles. The number of hydrogen-bond acceptors (Lipinski definition) is 2. The second kappa shape index (κ2) is 9.63. The molecule has 38 heavy (non-hydrogen) atoms. The van der Waals surface area contributed by atoms with Crippen LogP contribution in [0.5, 0.6) is 11.5 Å². The summed E-state index contributed by atoms with van der Waals surface area (Å²) in [5.74, 6) is -22.3. The molecule has 0 atom stereocenters. The Balaban J connectivity index is 2.85. The summed E-state index contributed by atoms with van der Waals surface area (Å²) in [7, 11) is 1.84. The normalized spacial score (nSPS) is 13.4. The molecule has 0 unspecified atom stereocenters. The molecule has 2 aromatic rings. The Kier molecular flexibility index (Phi) is 7.77. The summed E-state index contributed by atoms with van der Waals surface area (Å²) in [5.41, 5.74) is -1.58. The van der Waals surface area contributed by atoms with E-state index in [1.165, 1.54) is 11.8 Å². The molecule has 0 aromatic heterocycles. The van der Waals surface area contributed by atoms with Crippen molar-refractivity contribution >= 4 is 10.8 Å². The van der Waals surface area contributed by atoms with Gasteiger partial charge in [0.05, 0.1) is 19.8 Å². The van der Waals surface area contributed by atoms with Gasteiger partial charge in [0.15, 0.2) is 0 Å². The number of benzene rings is 2. The molecule has 0 radical (unpaired) electrons. The standard InChI is InChI=1S/C22H10F14O2/c1-37-12-3-4-13-14(6-8-18(25,26)20(29,30)22(34,35)36)16(38-2)9-11(15(13)10-12)5-7-17(23,24)19(27,28)21(31,32)33/h3-4,9-10H,1-2H3. The fraction of sp³-hybridized carbons (Fsp3) is 0.364. The molecule has 0 spiro atoms. The molecule has 0 saturated carbocycles. The van der Waals surface area contributed by atoms with E-state index >= 15 is 0 Å². The van der Waals surface area contributed by atoms with Crippen LogP contribution in [0.2, 0.25) is 0 Å². The first-order valence-electron chi connectivity index (χ1n) is 9.44. The van der Waals surface area contributed by atoms with Gasteiger partial charge < -0.3 is 9.47 Å². The zero-order chi connectivity index (χ0) is 29.5. The number of hydrogen-bond donors (Lipinski definition) is 0. The lowest BCUT2D eigenvalue weighted by molar-refractivity contribution is -0.339. The van der Waals surface area contributed by atoms with Crippen LogP contribution >= 0.6 is 0 Å². The highest BCUT2D eigenvalue weighted by molar-refractivity contribution is 5.96. The second-order valence-corrected chi connectivity index (χ2v) is 7.21. The van der Waals surface area contributed by atoms with Gasteiger partial charge in [0, 0.05) is 16.3 Å². The topological polar surface area (TPSA) is 18.5 Å². The number of fused-ring (bicyclic) bond motifs is 1. The highest BCUT2D eigenvalue weighted by Crippen LogP contribution is 2.47. The van der Waals surface area contributed by atoms with Crippen molar-refractivity contribution in [1.82, 2.24) is 0 Å². The van der Waals surface area contributed by atoms with Gasteiger partial charge in [-0.25, -0.2) is 0 Å². The van der Waals surface area contributed by atoms with Crippen molar-refractivity contribution in [1.29, 1.82) is 0 Å². The predicted octanol–water partition coefficient (Wildman–Crippen LogP) is 7.23. The molecular formula is C22H10F14O2. The predicted molar refractivity (Wildman–Crippen MR) is 103 cm³/mol. The number of halogens is 14. The molecule has 2 rings (SSSR count). The zero-order valence-electron chi connectivity index (χ0n) is 18.4. The number of methoxy groups -OCH3 is 2. The third-order valence-electron chi connectivity index (χ3n) is 4.73. The van der Waals surface area contributed by atoms with Gasteiger partial charge in [-0.05, 0) is 36.1 Å². The Morgan fingerprint density at radius 2 is 1.05 bits per heavy atom. The Bertz CT molecular complexity index is 1330. The molecule has 0 aliphatic heterocycles. The number of rotatable bonds is 4. The number of alkyl halides is 14. The lowest BCUT2D eigenvalue weighted by atomic mass is 9.97. The first kappa shape index (κ1) is 30.7. The Hall–Kier alpha value is -3.56. The summed E-state index contributed by atoms with van der Waals surface area (Å²) in [5, 5.41) is -0.974. The van der Waals surface area contributed by atoms with Gasteiger partial charge >= 0.3 is 36.0 Å².